The van der Waals surface area contributed by atoms with Crippen molar-refractivity contribution in [3.63, 3.8) is 0 Å². The highest BCUT2D eigenvalue weighted by Gasteiger charge is 2.52. The van der Waals surface area contributed by atoms with Crippen LogP contribution in [0.1, 0.15) is 50.2 Å². The maximum Gasteiger partial charge on any atom is 0.248 e. The van der Waals surface area contributed by atoms with Crippen LogP contribution in [0.25, 0.3) is 5.57 Å². The van der Waals surface area contributed by atoms with Crippen molar-refractivity contribution < 1.29 is 14.8 Å². The fraction of sp³-hybridized carbons (Fsp3) is 0.565. The topological polar surface area (TPSA) is 90.5 Å². The fourth-order valence-corrected chi connectivity index (χ4v) is 4.84. The van der Waals surface area contributed by atoms with Gasteiger partial charge in [-0.2, -0.15) is 0 Å². The Hall–Kier alpha value is -2.02. The summed E-state index contributed by atoms with van der Waals surface area (Å²) < 4.78 is 0. The van der Waals surface area contributed by atoms with Gasteiger partial charge in [-0.15, -0.1) is 0 Å². The minimum Gasteiger partial charge on any atom is -0.306 e. The lowest BCUT2D eigenvalue weighted by Gasteiger charge is -2.37. The highest BCUT2D eigenvalue weighted by molar-refractivity contribution is 5.96. The standard InChI is InChI=1S/C23H31N3O3/c1-2-3-15-4-6-16(7-5-15)17-8-11-24-19(12-17)21(27)20-18(22(28)26-29)13-23(9-10-23)14-25-20/h4-8,18-20,24-25,29H,2-3,9-14H2,1H3,(H,26,28)/t18-,19?,20-/m0/s1. The number of rotatable bonds is 6. The van der Waals surface area contributed by atoms with Gasteiger partial charge in [-0.3, -0.25) is 14.8 Å². The largest absolute Gasteiger partial charge is 0.306 e. The van der Waals surface area contributed by atoms with Crippen LogP contribution in [-0.2, 0) is 16.0 Å². The number of hydrogen-bond acceptors (Lipinski definition) is 5. The van der Waals surface area contributed by atoms with Crippen LogP contribution >= 0.6 is 0 Å². The van der Waals surface area contributed by atoms with Crippen LogP contribution < -0.4 is 16.1 Å². The molecular formula is C23H31N3O3. The number of Topliss-reactive ketones (excluding diaryl/α,β-unsaturated/α-hetero) is 1. The maximum atomic E-state index is 13.3. The van der Waals surface area contributed by atoms with E-state index in [4.69, 9.17) is 0 Å². The molecule has 3 aliphatic rings. The van der Waals surface area contributed by atoms with Crippen molar-refractivity contribution >= 4 is 17.3 Å². The molecule has 0 bridgehead atoms. The van der Waals surface area contributed by atoms with Crippen LogP contribution in [0.2, 0.25) is 0 Å². The lowest BCUT2D eigenvalue weighted by atomic mass is 9.78. The summed E-state index contributed by atoms with van der Waals surface area (Å²) in [6, 6.07) is 7.72. The first-order valence-corrected chi connectivity index (χ1v) is 10.8. The van der Waals surface area contributed by atoms with Crippen LogP contribution in [0.5, 0.6) is 0 Å². The Labute approximate surface area is 172 Å². The first-order chi connectivity index (χ1) is 14.0. The van der Waals surface area contributed by atoms with Crippen molar-refractivity contribution in [1.82, 2.24) is 16.1 Å². The molecule has 1 spiro atoms. The van der Waals surface area contributed by atoms with E-state index in [1.165, 1.54) is 11.1 Å². The van der Waals surface area contributed by atoms with Crippen molar-refractivity contribution in [2.24, 2.45) is 11.3 Å². The molecule has 0 radical (unpaired) electrons. The second-order valence-electron chi connectivity index (χ2n) is 8.89. The van der Waals surface area contributed by atoms with E-state index in [-0.39, 0.29) is 17.2 Å². The predicted molar refractivity (Wildman–Crippen MR) is 111 cm³/mol. The number of carbonyl (C=O) groups excluding carboxylic acids is 2. The van der Waals surface area contributed by atoms with Gasteiger partial charge in [0.1, 0.15) is 0 Å². The molecule has 4 N–H and O–H groups in total. The number of benzene rings is 1. The smallest absolute Gasteiger partial charge is 0.248 e. The molecule has 1 aromatic rings. The molecule has 6 nitrogen and oxygen atoms in total. The molecular weight excluding hydrogens is 366 g/mol. The molecule has 1 saturated heterocycles. The van der Waals surface area contributed by atoms with Gasteiger partial charge < -0.3 is 10.6 Å². The number of ketones is 1. The van der Waals surface area contributed by atoms with Crippen molar-refractivity contribution in [2.45, 2.75) is 57.5 Å². The number of hydroxylamine groups is 1. The lowest BCUT2D eigenvalue weighted by molar-refractivity contribution is -0.140. The molecule has 2 aliphatic heterocycles. The van der Waals surface area contributed by atoms with Crippen LogP contribution in [0, 0.1) is 11.3 Å². The molecule has 1 saturated carbocycles. The summed E-state index contributed by atoms with van der Waals surface area (Å²) in [7, 11) is 0. The van der Waals surface area contributed by atoms with Crippen LogP contribution in [0.4, 0.5) is 0 Å². The molecule has 3 atom stereocenters. The highest BCUT2D eigenvalue weighted by Crippen LogP contribution is 2.52. The Morgan fingerprint density at radius 2 is 1.97 bits per heavy atom. The Morgan fingerprint density at radius 3 is 2.62 bits per heavy atom. The van der Waals surface area contributed by atoms with E-state index in [1.807, 2.05) is 0 Å². The van der Waals surface area contributed by atoms with E-state index < -0.39 is 17.9 Å². The van der Waals surface area contributed by atoms with Gasteiger partial charge in [-0.25, -0.2) is 5.48 Å². The third kappa shape index (κ3) is 4.29. The van der Waals surface area contributed by atoms with E-state index >= 15 is 0 Å². The summed E-state index contributed by atoms with van der Waals surface area (Å²) in [5.41, 5.74) is 5.57. The monoisotopic (exact) mass is 397 g/mol. The van der Waals surface area contributed by atoms with Crippen LogP contribution in [0.3, 0.4) is 0 Å². The minimum atomic E-state index is -0.558. The van der Waals surface area contributed by atoms with E-state index in [0.717, 1.165) is 37.8 Å². The second kappa shape index (κ2) is 8.38. The van der Waals surface area contributed by atoms with E-state index in [2.05, 4.69) is 47.9 Å². The van der Waals surface area contributed by atoms with E-state index in [1.54, 1.807) is 5.48 Å². The minimum absolute atomic E-state index is 0.0160. The Kier molecular flexibility index (Phi) is 5.86. The zero-order chi connectivity index (χ0) is 20.4. The number of aryl methyl sites for hydroxylation is 1. The first-order valence-electron chi connectivity index (χ1n) is 10.8. The normalized spacial score (nSPS) is 27.9. The van der Waals surface area contributed by atoms with Crippen LogP contribution in [-0.4, -0.2) is 42.1 Å². The average molecular weight is 398 g/mol. The summed E-state index contributed by atoms with van der Waals surface area (Å²) >= 11 is 0. The van der Waals surface area contributed by atoms with Gasteiger partial charge in [-0.1, -0.05) is 43.7 Å². The van der Waals surface area contributed by atoms with Gasteiger partial charge in [0.25, 0.3) is 0 Å². The maximum absolute atomic E-state index is 13.3. The summed E-state index contributed by atoms with van der Waals surface area (Å²) in [6.45, 7) is 3.58. The Bertz CT molecular complexity index is 798. The molecule has 0 aromatic heterocycles. The number of hydrogen-bond donors (Lipinski definition) is 4. The number of nitrogens with one attached hydrogen (secondary N) is 3. The summed E-state index contributed by atoms with van der Waals surface area (Å²) in [6.07, 6.45) is 7.78. The number of amides is 1. The molecule has 156 valence electrons. The molecule has 4 rings (SSSR count). The molecule has 1 aliphatic carbocycles. The SMILES string of the molecule is CCCc1ccc(C2=CCNC(C(=O)[C@H]3NCC4(CC4)C[C@@H]3C(=O)NO)C2)cc1. The number of carbonyl (C=O) groups is 2. The quantitative estimate of drug-likeness (QED) is 0.437. The van der Waals surface area contributed by atoms with Crippen LogP contribution in [0.15, 0.2) is 30.3 Å². The average Bonchev–Trinajstić information content (AvgIpc) is 3.52. The molecule has 1 aromatic carbocycles. The number of piperidine rings is 1. The van der Waals surface area contributed by atoms with Gasteiger partial charge in [0, 0.05) is 13.1 Å². The molecule has 2 fully saturated rings. The summed E-state index contributed by atoms with van der Waals surface area (Å²) in [5.74, 6) is -0.963. The predicted octanol–water partition coefficient (Wildman–Crippen LogP) is 2.22. The third-order valence-corrected chi connectivity index (χ3v) is 6.81. The summed E-state index contributed by atoms with van der Waals surface area (Å²) in [5, 5.41) is 15.8. The second-order valence-corrected chi connectivity index (χ2v) is 8.89. The Balaban J connectivity index is 1.45. The zero-order valence-corrected chi connectivity index (χ0v) is 17.0. The van der Waals surface area contributed by atoms with Crippen molar-refractivity contribution in [2.75, 3.05) is 13.1 Å². The first kappa shape index (κ1) is 20.3. The van der Waals surface area contributed by atoms with Gasteiger partial charge in [0.15, 0.2) is 5.78 Å². The molecule has 2 heterocycles. The van der Waals surface area contributed by atoms with Gasteiger partial charge >= 0.3 is 0 Å². The molecule has 1 unspecified atom stereocenters. The van der Waals surface area contributed by atoms with Gasteiger partial charge in [0.05, 0.1) is 18.0 Å². The third-order valence-electron chi connectivity index (χ3n) is 6.81. The van der Waals surface area contributed by atoms with E-state index in [9.17, 15) is 14.8 Å². The lowest BCUT2D eigenvalue weighted by Crippen LogP contribution is -2.59. The van der Waals surface area contributed by atoms with E-state index in [0.29, 0.717) is 19.4 Å². The molecule has 6 heteroatoms. The zero-order valence-electron chi connectivity index (χ0n) is 17.0. The summed E-state index contributed by atoms with van der Waals surface area (Å²) in [4.78, 5) is 25.6. The van der Waals surface area contributed by atoms with Crippen molar-refractivity contribution in [1.29, 1.82) is 0 Å². The fourth-order valence-electron chi connectivity index (χ4n) is 4.84. The Morgan fingerprint density at radius 1 is 1.21 bits per heavy atom. The van der Waals surface area contributed by atoms with Gasteiger partial charge in [-0.05, 0) is 54.2 Å². The highest BCUT2D eigenvalue weighted by atomic mass is 16.5. The molecule has 1 amide bonds. The van der Waals surface area contributed by atoms with Crippen molar-refractivity contribution in [3.05, 3.63) is 41.5 Å². The van der Waals surface area contributed by atoms with Gasteiger partial charge in [0.2, 0.25) is 5.91 Å². The molecule has 29 heavy (non-hydrogen) atoms. The van der Waals surface area contributed by atoms with Crippen molar-refractivity contribution in [3.8, 4) is 0 Å².